The number of anilines is 6. The lowest BCUT2D eigenvalue weighted by molar-refractivity contribution is 0.400. The molecular formula is C70H42N2O4. The van der Waals surface area contributed by atoms with Crippen molar-refractivity contribution < 1.29 is 17.7 Å². The molecule has 17 rings (SSSR count). The van der Waals surface area contributed by atoms with E-state index in [0.717, 1.165) is 146 Å². The molecule has 76 heavy (non-hydrogen) atoms. The first kappa shape index (κ1) is 41.4. The van der Waals surface area contributed by atoms with Crippen LogP contribution in [0.4, 0.5) is 34.1 Å². The van der Waals surface area contributed by atoms with Crippen molar-refractivity contribution in [2.24, 2.45) is 0 Å². The number of para-hydroxylation sites is 8. The maximum atomic E-state index is 8.00. The molecular weight excluding hydrogens is 933 g/mol. The van der Waals surface area contributed by atoms with E-state index in [1.165, 1.54) is 0 Å². The first-order valence-electron chi connectivity index (χ1n) is 25.9. The van der Waals surface area contributed by atoms with Gasteiger partial charge in [0.2, 0.25) is 0 Å². The number of hydrogen-bond donors (Lipinski definition) is 0. The third kappa shape index (κ3) is 5.34. The van der Waals surface area contributed by atoms with E-state index in [4.69, 9.17) is 17.7 Å². The lowest BCUT2D eigenvalue weighted by Crippen LogP contribution is -2.48. The minimum Gasteiger partial charge on any atom is -0.459 e. The van der Waals surface area contributed by atoms with Gasteiger partial charge in [0.05, 0.1) is 22.7 Å². The molecule has 3 aliphatic rings. The minimum atomic E-state index is -1.05. The Bertz CT molecular complexity index is 4250. The normalized spacial score (nSPS) is 14.5. The van der Waals surface area contributed by atoms with Crippen LogP contribution in [-0.2, 0) is 10.8 Å². The molecule has 0 bridgehead atoms. The standard InChI is InChI=1S/C70H42N2O4/c1-3-19-45(20-4-1)71-57-29-13-9-25-51(57)69(52-26-10-14-30-58(52)71)55-41-65(43-35-37-63-49(39-43)47-23-7-17-33-61(47)73-63)76-68(55)70(53-27-11-15-31-59(53)72(46-21-5-2-6-22-46)60-32-16-12-28-54(60)70)56-42-66(75-67(56)69)44-36-38-64-50(40-44)48-24-8-18-34-62(48)74-64/h1-42H. The van der Waals surface area contributed by atoms with Crippen LogP contribution in [0.2, 0.25) is 0 Å². The third-order valence-electron chi connectivity index (χ3n) is 16.5. The fraction of sp³-hybridized carbons (Fsp3) is 0.0286. The monoisotopic (exact) mass is 974 g/mol. The molecule has 0 N–H and O–H groups in total. The Hall–Kier alpha value is -10.0. The van der Waals surface area contributed by atoms with Crippen LogP contribution in [0.25, 0.3) is 66.5 Å². The van der Waals surface area contributed by atoms with Crippen LogP contribution in [0.1, 0.15) is 44.9 Å². The van der Waals surface area contributed by atoms with Gasteiger partial charge in [-0.15, -0.1) is 0 Å². The lowest BCUT2D eigenvalue weighted by atomic mass is 9.53. The van der Waals surface area contributed by atoms with Gasteiger partial charge in [0.1, 0.15) is 56.2 Å². The number of nitrogens with zero attached hydrogens (tertiary/aromatic N) is 2. The zero-order valence-electron chi connectivity index (χ0n) is 40.8. The Kier molecular flexibility index (Phi) is 8.32. The summed E-state index contributed by atoms with van der Waals surface area (Å²) in [5.74, 6) is 3.17. The molecule has 2 aliphatic heterocycles. The van der Waals surface area contributed by atoms with E-state index < -0.39 is 10.8 Å². The van der Waals surface area contributed by atoms with E-state index in [1.54, 1.807) is 0 Å². The summed E-state index contributed by atoms with van der Waals surface area (Å²) in [6.07, 6.45) is 0. The number of benzene rings is 10. The topological polar surface area (TPSA) is 59.0 Å². The van der Waals surface area contributed by atoms with Crippen LogP contribution in [0.3, 0.4) is 0 Å². The summed E-state index contributed by atoms with van der Waals surface area (Å²) in [6, 6.07) is 91.0. The Labute approximate surface area is 436 Å². The van der Waals surface area contributed by atoms with Crippen LogP contribution in [-0.4, -0.2) is 0 Å². The SMILES string of the molecule is c1ccc(N2c3ccccc3C3(c4ccccc42)c2cc(-c4ccc5oc6ccccc6c5c4)oc2C2(c4ccccc4N(c4ccccc4)c4ccccc42)c2cc(-c4ccc5oc6ccccc6c5c4)oc23)cc1. The lowest BCUT2D eigenvalue weighted by Gasteiger charge is -2.52. The zero-order valence-corrected chi connectivity index (χ0v) is 40.8. The molecule has 10 aromatic carbocycles. The highest BCUT2D eigenvalue weighted by atomic mass is 16.4. The summed E-state index contributed by atoms with van der Waals surface area (Å²) < 4.78 is 28.8. The molecule has 0 atom stereocenters. The summed E-state index contributed by atoms with van der Waals surface area (Å²) in [5, 5.41) is 4.18. The van der Waals surface area contributed by atoms with E-state index in [-0.39, 0.29) is 0 Å². The quantitative estimate of drug-likeness (QED) is 0.175. The second-order valence-corrected chi connectivity index (χ2v) is 20.2. The number of rotatable bonds is 4. The smallest absolute Gasteiger partial charge is 0.135 e. The number of furan rings is 4. The van der Waals surface area contributed by atoms with Gasteiger partial charge in [-0.1, -0.05) is 146 Å². The van der Waals surface area contributed by atoms with Gasteiger partial charge in [0.15, 0.2) is 0 Å². The molecule has 356 valence electrons. The Balaban J connectivity index is 1.05. The second kappa shape index (κ2) is 15.3. The molecule has 1 aliphatic carbocycles. The van der Waals surface area contributed by atoms with Crippen molar-refractivity contribution in [3.05, 3.63) is 300 Å². The first-order valence-corrected chi connectivity index (χ1v) is 25.9. The van der Waals surface area contributed by atoms with Gasteiger partial charge in [-0.3, -0.25) is 0 Å². The fourth-order valence-electron chi connectivity index (χ4n) is 13.5. The van der Waals surface area contributed by atoms with E-state index in [0.29, 0.717) is 0 Å². The van der Waals surface area contributed by atoms with Crippen molar-refractivity contribution >= 4 is 78.0 Å². The van der Waals surface area contributed by atoms with Crippen LogP contribution in [0.5, 0.6) is 0 Å². The highest BCUT2D eigenvalue weighted by molar-refractivity contribution is 6.07. The molecule has 6 heterocycles. The summed E-state index contributed by atoms with van der Waals surface area (Å²) in [5.41, 5.74) is 15.9. The van der Waals surface area contributed by atoms with Crippen molar-refractivity contribution in [1.82, 2.24) is 0 Å². The summed E-state index contributed by atoms with van der Waals surface area (Å²) in [6.45, 7) is 0. The zero-order chi connectivity index (χ0) is 49.7. The maximum Gasteiger partial charge on any atom is 0.135 e. The Morgan fingerprint density at radius 1 is 0.250 bits per heavy atom. The van der Waals surface area contributed by atoms with Gasteiger partial charge in [-0.2, -0.15) is 0 Å². The van der Waals surface area contributed by atoms with E-state index >= 15 is 0 Å². The van der Waals surface area contributed by atoms with Crippen LogP contribution in [0.15, 0.2) is 272 Å². The molecule has 6 nitrogen and oxygen atoms in total. The third-order valence-corrected chi connectivity index (χ3v) is 16.5. The second-order valence-electron chi connectivity index (χ2n) is 20.2. The highest BCUT2D eigenvalue weighted by Gasteiger charge is 2.63. The van der Waals surface area contributed by atoms with Gasteiger partial charge >= 0.3 is 0 Å². The fourth-order valence-corrected chi connectivity index (χ4v) is 13.5. The molecule has 0 radical (unpaired) electrons. The van der Waals surface area contributed by atoms with E-state index in [9.17, 15) is 0 Å². The molecule has 0 unspecified atom stereocenters. The molecule has 4 aromatic heterocycles. The highest BCUT2D eigenvalue weighted by Crippen LogP contribution is 2.69. The summed E-state index contributed by atoms with van der Waals surface area (Å²) in [7, 11) is 0. The molecule has 2 spiro atoms. The van der Waals surface area contributed by atoms with E-state index in [1.807, 2.05) is 24.3 Å². The molecule has 0 amide bonds. The van der Waals surface area contributed by atoms with Crippen molar-refractivity contribution in [3.63, 3.8) is 0 Å². The largest absolute Gasteiger partial charge is 0.459 e. The van der Waals surface area contributed by atoms with Crippen molar-refractivity contribution in [3.8, 4) is 22.6 Å². The molecule has 0 saturated carbocycles. The predicted molar refractivity (Wildman–Crippen MR) is 303 cm³/mol. The van der Waals surface area contributed by atoms with Gasteiger partial charge in [-0.25, -0.2) is 0 Å². The van der Waals surface area contributed by atoms with Crippen LogP contribution in [0, 0.1) is 0 Å². The average molecular weight is 975 g/mol. The minimum absolute atomic E-state index is 0.750. The summed E-state index contributed by atoms with van der Waals surface area (Å²) >= 11 is 0. The number of hydrogen-bond acceptors (Lipinski definition) is 6. The van der Waals surface area contributed by atoms with Gasteiger partial charge < -0.3 is 27.5 Å². The van der Waals surface area contributed by atoms with Crippen molar-refractivity contribution in [2.75, 3.05) is 9.80 Å². The van der Waals surface area contributed by atoms with Crippen molar-refractivity contribution in [1.29, 1.82) is 0 Å². The van der Waals surface area contributed by atoms with Crippen LogP contribution >= 0.6 is 0 Å². The molecule has 0 saturated heterocycles. The predicted octanol–water partition coefficient (Wildman–Crippen LogP) is 18.7. The molecule has 6 heteroatoms. The Morgan fingerprint density at radius 2 is 0.579 bits per heavy atom. The Morgan fingerprint density at radius 3 is 0.974 bits per heavy atom. The van der Waals surface area contributed by atoms with Crippen molar-refractivity contribution in [2.45, 2.75) is 10.8 Å². The first-order chi connectivity index (χ1) is 37.7. The summed E-state index contributed by atoms with van der Waals surface area (Å²) in [4.78, 5) is 4.81. The van der Waals surface area contributed by atoms with Gasteiger partial charge in [0.25, 0.3) is 0 Å². The van der Waals surface area contributed by atoms with Crippen LogP contribution < -0.4 is 9.80 Å². The van der Waals surface area contributed by atoms with Gasteiger partial charge in [0, 0.05) is 55.2 Å². The van der Waals surface area contributed by atoms with Gasteiger partial charge in [-0.05, 0) is 131 Å². The number of fused-ring (bicyclic) bond motifs is 20. The maximum absolute atomic E-state index is 8.00. The van der Waals surface area contributed by atoms with E-state index in [2.05, 4.69) is 240 Å². The molecule has 0 fully saturated rings. The average Bonchev–Trinajstić information content (AvgIpc) is 4.44. The molecule has 14 aromatic rings.